The van der Waals surface area contributed by atoms with Crippen molar-refractivity contribution in [3.63, 3.8) is 0 Å². The van der Waals surface area contributed by atoms with Crippen LogP contribution in [0.15, 0.2) is 73.5 Å². The number of pyridine rings is 1. The summed E-state index contributed by atoms with van der Waals surface area (Å²) in [6.07, 6.45) is 14.0. The van der Waals surface area contributed by atoms with Crippen LogP contribution in [-0.2, 0) is 17.8 Å². The summed E-state index contributed by atoms with van der Waals surface area (Å²) >= 11 is 1.65. The van der Waals surface area contributed by atoms with E-state index < -0.39 is 0 Å². The minimum absolute atomic E-state index is 0.0578. The number of thiophene rings is 1. The smallest absolute Gasteiger partial charge is 0.246 e. The highest BCUT2D eigenvalue weighted by Crippen LogP contribution is 2.38. The van der Waals surface area contributed by atoms with E-state index in [1.54, 1.807) is 29.9 Å². The van der Waals surface area contributed by atoms with E-state index in [0.717, 1.165) is 77.6 Å². The van der Waals surface area contributed by atoms with Gasteiger partial charge in [0.25, 0.3) is 0 Å². The SMILES string of the molecule is Cc1ccc(Oc2ccc(Nc3ncnc4sc5c(c34)CCN(C(=O)/C=C/CN3CCC[C@H](n4cccn4)C3)C5)cc2C)cn1. The van der Waals surface area contributed by atoms with Crippen LogP contribution in [0.4, 0.5) is 11.5 Å². The first kappa shape index (κ1) is 29.1. The van der Waals surface area contributed by atoms with Crippen molar-refractivity contribution in [2.24, 2.45) is 0 Å². The molecule has 1 atom stereocenters. The Balaban J connectivity index is 1.00. The minimum Gasteiger partial charge on any atom is -0.455 e. The van der Waals surface area contributed by atoms with Crippen LogP contribution in [0.25, 0.3) is 10.2 Å². The van der Waals surface area contributed by atoms with Crippen LogP contribution >= 0.6 is 11.3 Å². The van der Waals surface area contributed by atoms with Crippen LogP contribution in [0.5, 0.6) is 11.5 Å². The molecule has 0 radical (unpaired) electrons. The second kappa shape index (κ2) is 12.8. The van der Waals surface area contributed by atoms with Crippen molar-refractivity contribution >= 4 is 39.0 Å². The number of amides is 1. The molecule has 1 aromatic carbocycles. The van der Waals surface area contributed by atoms with Crippen LogP contribution in [0.3, 0.4) is 0 Å². The number of carbonyl (C=O) groups excluding carboxylic acids is 1. The number of aromatic nitrogens is 5. The number of hydrogen-bond acceptors (Lipinski definition) is 9. The highest BCUT2D eigenvalue weighted by Gasteiger charge is 2.26. The van der Waals surface area contributed by atoms with Gasteiger partial charge in [-0.3, -0.25) is 19.4 Å². The molecule has 0 bridgehead atoms. The monoisotopic (exact) mass is 620 g/mol. The van der Waals surface area contributed by atoms with Crippen molar-refractivity contribution in [1.82, 2.24) is 34.5 Å². The van der Waals surface area contributed by atoms with Crippen LogP contribution in [0.1, 0.15) is 40.6 Å². The largest absolute Gasteiger partial charge is 0.455 e. The third-order valence-electron chi connectivity index (χ3n) is 8.50. The summed E-state index contributed by atoms with van der Waals surface area (Å²) in [5, 5.41) is 8.97. The molecule has 5 aromatic rings. The zero-order chi connectivity index (χ0) is 30.8. The lowest BCUT2D eigenvalue weighted by Crippen LogP contribution is -2.37. The lowest BCUT2D eigenvalue weighted by Gasteiger charge is -2.32. The first-order valence-electron chi connectivity index (χ1n) is 15.4. The second-order valence-corrected chi connectivity index (χ2v) is 12.8. The Hall–Kier alpha value is -4.61. The number of hydrogen-bond donors (Lipinski definition) is 1. The van der Waals surface area contributed by atoms with E-state index >= 15 is 0 Å². The second-order valence-electron chi connectivity index (χ2n) is 11.7. The Labute approximate surface area is 266 Å². The van der Waals surface area contributed by atoms with E-state index in [0.29, 0.717) is 24.9 Å². The van der Waals surface area contributed by atoms with Gasteiger partial charge in [0.1, 0.15) is 28.5 Å². The normalized spacial score (nSPS) is 17.1. The standard InChI is InChI=1S/C34H36N8O2S/c1-23-18-25(9-11-29(23)44-27-10-8-24(2)35-19-27)39-33-32-28-12-17-41(21-30(28)45-34(32)37-22-36-33)31(43)7-4-15-40-14-3-6-26(20-40)42-16-5-13-38-42/h4-5,7-11,13,16,18-19,22,26H,3,6,12,14-15,17,20-21H2,1-2H3,(H,36,37,39)/b7-4+/t26-/m0/s1. The maximum atomic E-state index is 13.2. The van der Waals surface area contributed by atoms with E-state index in [-0.39, 0.29) is 5.91 Å². The van der Waals surface area contributed by atoms with E-state index in [9.17, 15) is 4.79 Å². The number of fused-ring (bicyclic) bond motifs is 3. The molecule has 1 N–H and O–H groups in total. The molecular formula is C34H36N8O2S. The average molecular weight is 621 g/mol. The van der Waals surface area contributed by atoms with Gasteiger partial charge in [-0.05, 0) is 87.2 Å². The molecule has 0 saturated carbocycles. The van der Waals surface area contributed by atoms with Crippen LogP contribution < -0.4 is 10.1 Å². The van der Waals surface area contributed by atoms with E-state index in [1.807, 2.05) is 67.5 Å². The Morgan fingerprint density at radius 1 is 1.16 bits per heavy atom. The molecule has 11 heteroatoms. The third kappa shape index (κ3) is 6.45. The van der Waals surface area contributed by atoms with E-state index in [2.05, 4.69) is 41.0 Å². The number of aryl methyl sites for hydroxylation is 2. The molecule has 45 heavy (non-hydrogen) atoms. The Morgan fingerprint density at radius 3 is 2.91 bits per heavy atom. The predicted octanol–water partition coefficient (Wildman–Crippen LogP) is 6.21. The maximum Gasteiger partial charge on any atom is 0.246 e. The summed E-state index contributed by atoms with van der Waals surface area (Å²) in [5.41, 5.74) is 4.10. The quantitative estimate of drug-likeness (QED) is 0.204. The van der Waals surface area contributed by atoms with Crippen molar-refractivity contribution in [1.29, 1.82) is 0 Å². The van der Waals surface area contributed by atoms with Gasteiger partial charge in [-0.2, -0.15) is 5.10 Å². The summed E-state index contributed by atoms with van der Waals surface area (Å²) in [6.45, 7) is 8.00. The van der Waals surface area contributed by atoms with Gasteiger partial charge < -0.3 is 15.0 Å². The Kier molecular flexibility index (Phi) is 8.27. The van der Waals surface area contributed by atoms with Crippen molar-refractivity contribution in [3.05, 3.63) is 95.2 Å². The van der Waals surface area contributed by atoms with Gasteiger partial charge in [0.15, 0.2) is 0 Å². The van der Waals surface area contributed by atoms with Gasteiger partial charge in [-0.15, -0.1) is 11.3 Å². The lowest BCUT2D eigenvalue weighted by molar-refractivity contribution is -0.126. The topological polar surface area (TPSA) is 101 Å². The predicted molar refractivity (Wildman–Crippen MR) is 176 cm³/mol. The molecule has 0 unspecified atom stereocenters. The summed E-state index contributed by atoms with van der Waals surface area (Å²) < 4.78 is 8.10. The number of piperidine rings is 1. The Morgan fingerprint density at radius 2 is 2.09 bits per heavy atom. The fourth-order valence-electron chi connectivity index (χ4n) is 6.15. The highest BCUT2D eigenvalue weighted by atomic mass is 32.1. The fraction of sp³-hybridized carbons (Fsp3) is 0.324. The van der Waals surface area contributed by atoms with E-state index in [4.69, 9.17) is 4.74 Å². The van der Waals surface area contributed by atoms with Crippen molar-refractivity contribution in [2.45, 2.75) is 45.7 Å². The number of nitrogens with one attached hydrogen (secondary N) is 1. The summed E-state index contributed by atoms with van der Waals surface area (Å²) in [7, 11) is 0. The number of nitrogens with zero attached hydrogens (tertiary/aromatic N) is 7. The lowest BCUT2D eigenvalue weighted by atomic mass is 10.0. The van der Waals surface area contributed by atoms with Crippen molar-refractivity contribution in [3.8, 4) is 11.5 Å². The first-order valence-corrected chi connectivity index (χ1v) is 16.2. The molecule has 2 aliphatic rings. The van der Waals surface area contributed by atoms with E-state index in [1.165, 1.54) is 10.4 Å². The van der Waals surface area contributed by atoms with Gasteiger partial charge >= 0.3 is 0 Å². The van der Waals surface area contributed by atoms with Gasteiger partial charge in [-0.25, -0.2) is 9.97 Å². The number of likely N-dealkylation sites (tertiary alicyclic amines) is 1. The third-order valence-corrected chi connectivity index (χ3v) is 9.63. The number of anilines is 2. The average Bonchev–Trinajstić information content (AvgIpc) is 3.72. The van der Waals surface area contributed by atoms with Crippen molar-refractivity contribution in [2.75, 3.05) is 31.5 Å². The first-order chi connectivity index (χ1) is 22.0. The fourth-order valence-corrected chi connectivity index (χ4v) is 7.35. The summed E-state index contributed by atoms with van der Waals surface area (Å²) in [4.78, 5) is 33.1. The zero-order valence-corrected chi connectivity index (χ0v) is 26.3. The molecule has 230 valence electrons. The zero-order valence-electron chi connectivity index (χ0n) is 25.5. The summed E-state index contributed by atoms with van der Waals surface area (Å²) in [5.74, 6) is 2.32. The number of ether oxygens (including phenoxy) is 1. The molecular weight excluding hydrogens is 584 g/mol. The van der Waals surface area contributed by atoms with Gasteiger partial charge in [0, 0.05) is 54.4 Å². The van der Waals surface area contributed by atoms with Crippen LogP contribution in [-0.4, -0.2) is 66.6 Å². The molecule has 6 heterocycles. The minimum atomic E-state index is 0.0578. The molecule has 1 saturated heterocycles. The summed E-state index contributed by atoms with van der Waals surface area (Å²) in [6, 6.07) is 12.2. The molecule has 7 rings (SSSR count). The Bertz CT molecular complexity index is 1830. The maximum absolute atomic E-state index is 13.2. The molecule has 4 aromatic heterocycles. The number of benzene rings is 1. The van der Waals surface area contributed by atoms with Gasteiger partial charge in [-0.1, -0.05) is 6.08 Å². The highest BCUT2D eigenvalue weighted by molar-refractivity contribution is 7.19. The molecule has 1 fully saturated rings. The van der Waals surface area contributed by atoms with Crippen LogP contribution in [0, 0.1) is 13.8 Å². The molecule has 10 nitrogen and oxygen atoms in total. The van der Waals surface area contributed by atoms with Crippen LogP contribution in [0.2, 0.25) is 0 Å². The number of rotatable bonds is 8. The molecule has 0 aliphatic carbocycles. The van der Waals surface area contributed by atoms with Gasteiger partial charge in [0.05, 0.1) is 24.2 Å². The molecule has 0 spiro atoms. The number of carbonyl (C=O) groups is 1. The molecule has 2 aliphatic heterocycles. The van der Waals surface area contributed by atoms with Crippen molar-refractivity contribution < 1.29 is 9.53 Å². The van der Waals surface area contributed by atoms with Gasteiger partial charge in [0.2, 0.25) is 5.91 Å². The molecule has 1 amide bonds.